The molecule has 0 atom stereocenters. The molecule has 5 nitrogen and oxygen atoms in total. The van der Waals surface area contributed by atoms with Crippen LogP contribution in [0.15, 0.2) is 30.3 Å². The number of carbonyl (C=O) groups excluding carboxylic acids is 1. The van der Waals surface area contributed by atoms with Gasteiger partial charge in [0.1, 0.15) is 0 Å². The van der Waals surface area contributed by atoms with Crippen molar-refractivity contribution in [2.75, 3.05) is 26.2 Å². The summed E-state index contributed by atoms with van der Waals surface area (Å²) in [5.41, 5.74) is 4.07. The number of halogens is 1. The third-order valence-corrected chi connectivity index (χ3v) is 5.19. The van der Waals surface area contributed by atoms with Gasteiger partial charge < -0.3 is 10.2 Å². The van der Waals surface area contributed by atoms with Gasteiger partial charge in [-0.25, -0.2) is 0 Å². The van der Waals surface area contributed by atoms with Crippen LogP contribution in [-0.4, -0.2) is 46.8 Å². The van der Waals surface area contributed by atoms with Crippen molar-refractivity contribution in [2.24, 2.45) is 5.92 Å². The Labute approximate surface area is 168 Å². The van der Waals surface area contributed by atoms with E-state index in [1.165, 1.54) is 0 Å². The van der Waals surface area contributed by atoms with E-state index in [0.717, 1.165) is 61.5 Å². The number of nitrogens with zero attached hydrogens (tertiary/aromatic N) is 3. The SMILES string of the molecule is CCNCC1CCN(C(=O)c2cccc(Cn3nc(C)cc3C)c2)CC1.Cl. The summed E-state index contributed by atoms with van der Waals surface area (Å²) in [6.45, 7) is 10.7. The molecule has 0 saturated carbocycles. The number of aryl methyl sites for hydroxylation is 2. The highest BCUT2D eigenvalue weighted by Gasteiger charge is 2.23. The van der Waals surface area contributed by atoms with Gasteiger partial charge in [0.15, 0.2) is 0 Å². The Balaban J connectivity index is 0.00000261. The van der Waals surface area contributed by atoms with Crippen LogP contribution in [0.3, 0.4) is 0 Å². The third-order valence-electron chi connectivity index (χ3n) is 5.19. The highest BCUT2D eigenvalue weighted by atomic mass is 35.5. The molecule has 1 fully saturated rings. The Morgan fingerprint density at radius 2 is 1.96 bits per heavy atom. The molecule has 6 heteroatoms. The van der Waals surface area contributed by atoms with Crippen molar-refractivity contribution in [3.05, 3.63) is 52.8 Å². The first-order valence-corrected chi connectivity index (χ1v) is 9.66. The maximum absolute atomic E-state index is 12.9. The van der Waals surface area contributed by atoms with Crippen molar-refractivity contribution in [2.45, 2.75) is 40.2 Å². The normalized spacial score (nSPS) is 14.9. The number of hydrogen-bond donors (Lipinski definition) is 1. The van der Waals surface area contributed by atoms with E-state index in [4.69, 9.17) is 0 Å². The summed E-state index contributed by atoms with van der Waals surface area (Å²) in [6, 6.07) is 10.1. The molecule has 1 aliphatic rings. The molecule has 3 rings (SSSR count). The Morgan fingerprint density at radius 3 is 2.59 bits per heavy atom. The first-order chi connectivity index (χ1) is 12.6. The standard InChI is InChI=1S/C21H30N4O.ClH/c1-4-22-14-18-8-10-24(11-9-18)21(26)20-7-5-6-19(13-20)15-25-17(3)12-16(2)23-25;/h5-7,12-13,18,22H,4,8-11,14-15H2,1-3H3;1H. The van der Waals surface area contributed by atoms with E-state index < -0.39 is 0 Å². The quantitative estimate of drug-likeness (QED) is 0.822. The molecule has 148 valence electrons. The van der Waals surface area contributed by atoms with Crippen molar-refractivity contribution >= 4 is 18.3 Å². The largest absolute Gasteiger partial charge is 0.339 e. The number of aromatic nitrogens is 2. The van der Waals surface area contributed by atoms with Gasteiger partial charge in [-0.15, -0.1) is 12.4 Å². The van der Waals surface area contributed by atoms with Crippen LogP contribution in [0.1, 0.15) is 47.1 Å². The molecule has 0 radical (unpaired) electrons. The summed E-state index contributed by atoms with van der Waals surface area (Å²) >= 11 is 0. The number of carbonyl (C=O) groups is 1. The Bertz CT molecular complexity index is 750. The van der Waals surface area contributed by atoms with Crippen molar-refractivity contribution in [3.8, 4) is 0 Å². The van der Waals surface area contributed by atoms with Crippen LogP contribution >= 0.6 is 12.4 Å². The average molecular weight is 391 g/mol. The monoisotopic (exact) mass is 390 g/mol. The topological polar surface area (TPSA) is 50.2 Å². The number of piperidine rings is 1. The van der Waals surface area contributed by atoms with Gasteiger partial charge in [0.25, 0.3) is 5.91 Å². The number of hydrogen-bond acceptors (Lipinski definition) is 3. The first-order valence-electron chi connectivity index (χ1n) is 9.66. The summed E-state index contributed by atoms with van der Waals surface area (Å²) in [6.07, 6.45) is 2.17. The number of benzene rings is 1. The highest BCUT2D eigenvalue weighted by molar-refractivity contribution is 5.94. The summed E-state index contributed by atoms with van der Waals surface area (Å²) in [5, 5.41) is 7.94. The molecule has 1 N–H and O–H groups in total. The Hall–Kier alpha value is -1.85. The minimum absolute atomic E-state index is 0. The van der Waals surface area contributed by atoms with E-state index >= 15 is 0 Å². The lowest BCUT2D eigenvalue weighted by atomic mass is 9.96. The third kappa shape index (κ3) is 5.56. The number of nitrogens with one attached hydrogen (secondary N) is 1. The van der Waals surface area contributed by atoms with E-state index in [-0.39, 0.29) is 18.3 Å². The van der Waals surface area contributed by atoms with Gasteiger partial charge in [-0.2, -0.15) is 5.10 Å². The summed E-state index contributed by atoms with van der Waals surface area (Å²) < 4.78 is 1.99. The highest BCUT2D eigenvalue weighted by Crippen LogP contribution is 2.19. The molecule has 0 aliphatic carbocycles. The molecule has 1 aliphatic heterocycles. The van der Waals surface area contributed by atoms with Gasteiger partial charge in [-0.1, -0.05) is 19.1 Å². The van der Waals surface area contributed by atoms with E-state index in [1.54, 1.807) is 0 Å². The van der Waals surface area contributed by atoms with Gasteiger partial charge in [-0.05, 0) is 69.5 Å². The molecule has 1 aromatic carbocycles. The number of amides is 1. The second-order valence-corrected chi connectivity index (χ2v) is 7.33. The fraction of sp³-hybridized carbons (Fsp3) is 0.524. The molecule has 1 saturated heterocycles. The fourth-order valence-electron chi connectivity index (χ4n) is 3.68. The van der Waals surface area contributed by atoms with Gasteiger partial charge in [0, 0.05) is 24.3 Å². The predicted molar refractivity (Wildman–Crippen MR) is 112 cm³/mol. The Morgan fingerprint density at radius 1 is 1.22 bits per heavy atom. The zero-order chi connectivity index (χ0) is 18.5. The van der Waals surface area contributed by atoms with Gasteiger partial charge in [0.2, 0.25) is 0 Å². The van der Waals surface area contributed by atoms with Crippen molar-refractivity contribution in [1.82, 2.24) is 20.0 Å². The molecule has 1 amide bonds. The van der Waals surface area contributed by atoms with Crippen LogP contribution in [0.4, 0.5) is 0 Å². The first kappa shape index (κ1) is 21.5. The minimum atomic E-state index is 0. The van der Waals surface area contributed by atoms with Crippen molar-refractivity contribution in [1.29, 1.82) is 0 Å². The Kier molecular flexibility index (Phi) is 7.87. The molecule has 2 aromatic rings. The van der Waals surface area contributed by atoms with Crippen LogP contribution in [0.5, 0.6) is 0 Å². The van der Waals surface area contributed by atoms with Gasteiger partial charge in [-0.3, -0.25) is 9.48 Å². The molecule has 1 aromatic heterocycles. The second kappa shape index (κ2) is 9.90. The van der Waals surface area contributed by atoms with E-state index in [9.17, 15) is 4.79 Å². The average Bonchev–Trinajstić information content (AvgIpc) is 2.97. The predicted octanol–water partition coefficient (Wildman–Crippen LogP) is 3.43. The van der Waals surface area contributed by atoms with Gasteiger partial charge in [0.05, 0.1) is 12.2 Å². The maximum atomic E-state index is 12.9. The summed E-state index contributed by atoms with van der Waals surface area (Å²) in [5.74, 6) is 0.846. The molecule has 27 heavy (non-hydrogen) atoms. The van der Waals surface area contributed by atoms with Crippen molar-refractivity contribution in [3.63, 3.8) is 0 Å². The van der Waals surface area contributed by atoms with Crippen molar-refractivity contribution < 1.29 is 4.79 Å². The molecular formula is C21H31ClN4O. The molecule has 0 bridgehead atoms. The maximum Gasteiger partial charge on any atom is 0.253 e. The zero-order valence-corrected chi connectivity index (χ0v) is 17.4. The molecule has 0 spiro atoms. The number of likely N-dealkylation sites (tertiary alicyclic amines) is 1. The summed E-state index contributed by atoms with van der Waals surface area (Å²) in [7, 11) is 0. The zero-order valence-electron chi connectivity index (χ0n) is 16.6. The lowest BCUT2D eigenvalue weighted by Crippen LogP contribution is -2.40. The fourth-order valence-corrected chi connectivity index (χ4v) is 3.68. The van der Waals surface area contributed by atoms with Crippen LogP contribution in [0.25, 0.3) is 0 Å². The lowest BCUT2D eigenvalue weighted by molar-refractivity contribution is 0.0690. The van der Waals surface area contributed by atoms with E-state index in [1.807, 2.05) is 34.7 Å². The summed E-state index contributed by atoms with van der Waals surface area (Å²) in [4.78, 5) is 14.9. The molecule has 2 heterocycles. The smallest absolute Gasteiger partial charge is 0.253 e. The van der Waals surface area contributed by atoms with Crippen LogP contribution in [0, 0.1) is 19.8 Å². The second-order valence-electron chi connectivity index (χ2n) is 7.33. The van der Waals surface area contributed by atoms with Crippen LogP contribution in [-0.2, 0) is 6.54 Å². The molecular weight excluding hydrogens is 360 g/mol. The van der Waals surface area contributed by atoms with E-state index in [2.05, 4.69) is 36.4 Å². The lowest BCUT2D eigenvalue weighted by Gasteiger charge is -2.32. The number of rotatable bonds is 6. The van der Waals surface area contributed by atoms with Crippen LogP contribution in [0.2, 0.25) is 0 Å². The molecule has 0 unspecified atom stereocenters. The van der Waals surface area contributed by atoms with Gasteiger partial charge >= 0.3 is 0 Å². The van der Waals surface area contributed by atoms with E-state index in [0.29, 0.717) is 12.5 Å². The minimum Gasteiger partial charge on any atom is -0.339 e. The van der Waals surface area contributed by atoms with Crippen LogP contribution < -0.4 is 5.32 Å².